The number of rotatable bonds is 1. The van der Waals surface area contributed by atoms with Crippen LogP contribution in [0.3, 0.4) is 0 Å². The maximum absolute atomic E-state index is 9.62. The van der Waals surface area contributed by atoms with Crippen LogP contribution in [-0.4, -0.2) is 10.7 Å². The van der Waals surface area contributed by atoms with Crippen LogP contribution in [0.5, 0.6) is 11.5 Å². The molecule has 0 spiro atoms. The van der Waals surface area contributed by atoms with Crippen LogP contribution in [0.2, 0.25) is 0 Å². The van der Waals surface area contributed by atoms with E-state index < -0.39 is 0 Å². The normalized spacial score (nSPS) is 16.2. The van der Waals surface area contributed by atoms with Crippen molar-refractivity contribution >= 4 is 5.57 Å². The summed E-state index contributed by atoms with van der Waals surface area (Å²) in [7, 11) is 0. The van der Waals surface area contributed by atoms with Gasteiger partial charge in [-0.2, -0.15) is 0 Å². The van der Waals surface area contributed by atoms with E-state index in [0.29, 0.717) is 0 Å². The second-order valence-electron chi connectivity index (χ2n) is 5.31. The SMILES string of the molecule is CC1(C)C=C(c2ccccc2)c2ccc(O)cc2O1. The Morgan fingerprint density at radius 3 is 2.47 bits per heavy atom. The number of hydrogen-bond acceptors (Lipinski definition) is 2. The molecule has 3 rings (SSSR count). The van der Waals surface area contributed by atoms with E-state index in [1.54, 1.807) is 12.1 Å². The highest BCUT2D eigenvalue weighted by atomic mass is 16.5. The molecule has 2 nitrogen and oxygen atoms in total. The van der Waals surface area contributed by atoms with Crippen LogP contribution in [0.25, 0.3) is 5.57 Å². The maximum atomic E-state index is 9.62. The zero-order chi connectivity index (χ0) is 13.5. The van der Waals surface area contributed by atoms with E-state index in [2.05, 4.69) is 18.2 Å². The molecule has 0 fully saturated rings. The summed E-state index contributed by atoms with van der Waals surface area (Å²) in [6.07, 6.45) is 2.13. The lowest BCUT2D eigenvalue weighted by Gasteiger charge is -2.31. The van der Waals surface area contributed by atoms with Crippen molar-refractivity contribution in [1.82, 2.24) is 0 Å². The fraction of sp³-hybridized carbons (Fsp3) is 0.176. The van der Waals surface area contributed by atoms with Gasteiger partial charge in [-0.05, 0) is 43.2 Å². The summed E-state index contributed by atoms with van der Waals surface area (Å²) in [5.74, 6) is 0.954. The molecule has 0 saturated carbocycles. The van der Waals surface area contributed by atoms with Gasteiger partial charge in [0.05, 0.1) is 0 Å². The topological polar surface area (TPSA) is 29.5 Å². The highest BCUT2D eigenvalue weighted by molar-refractivity contribution is 5.85. The summed E-state index contributed by atoms with van der Waals surface area (Å²) >= 11 is 0. The first-order chi connectivity index (χ1) is 9.05. The standard InChI is InChI=1S/C17H16O2/c1-17(2)11-15(12-6-4-3-5-7-12)14-9-8-13(18)10-16(14)19-17/h3-11,18H,1-2H3. The molecule has 1 N–H and O–H groups in total. The van der Waals surface area contributed by atoms with Crippen molar-refractivity contribution in [3.63, 3.8) is 0 Å². The Bertz CT molecular complexity index is 640. The minimum Gasteiger partial charge on any atom is -0.508 e. The first-order valence-electron chi connectivity index (χ1n) is 6.36. The molecule has 2 aromatic rings. The monoisotopic (exact) mass is 252 g/mol. The minimum atomic E-state index is -0.383. The summed E-state index contributed by atoms with van der Waals surface area (Å²) in [4.78, 5) is 0. The summed E-state index contributed by atoms with van der Waals surface area (Å²) in [5.41, 5.74) is 2.94. The number of hydrogen-bond donors (Lipinski definition) is 1. The Morgan fingerprint density at radius 2 is 1.74 bits per heavy atom. The molecule has 1 heterocycles. The molecule has 0 aliphatic carbocycles. The Morgan fingerprint density at radius 1 is 1.00 bits per heavy atom. The van der Waals surface area contributed by atoms with Gasteiger partial charge < -0.3 is 9.84 Å². The highest BCUT2D eigenvalue weighted by Crippen LogP contribution is 2.40. The van der Waals surface area contributed by atoms with Crippen LogP contribution in [0.15, 0.2) is 54.6 Å². The average molecular weight is 252 g/mol. The van der Waals surface area contributed by atoms with E-state index in [0.717, 1.165) is 22.4 Å². The van der Waals surface area contributed by atoms with Crippen molar-refractivity contribution in [2.75, 3.05) is 0 Å². The number of fused-ring (bicyclic) bond motifs is 1. The molecule has 96 valence electrons. The van der Waals surface area contributed by atoms with E-state index in [9.17, 15) is 5.11 Å². The molecule has 0 atom stereocenters. The Kier molecular flexibility index (Phi) is 2.59. The molecule has 0 aromatic heterocycles. The lowest BCUT2D eigenvalue weighted by molar-refractivity contribution is 0.157. The van der Waals surface area contributed by atoms with E-state index >= 15 is 0 Å². The van der Waals surface area contributed by atoms with Gasteiger partial charge in [-0.25, -0.2) is 0 Å². The van der Waals surface area contributed by atoms with Gasteiger partial charge in [0, 0.05) is 11.6 Å². The molecule has 0 amide bonds. The van der Waals surface area contributed by atoms with E-state index in [4.69, 9.17) is 4.74 Å². The largest absolute Gasteiger partial charge is 0.508 e. The molecule has 19 heavy (non-hydrogen) atoms. The van der Waals surface area contributed by atoms with Crippen LogP contribution in [0.4, 0.5) is 0 Å². The predicted molar refractivity (Wildman–Crippen MR) is 76.3 cm³/mol. The lowest BCUT2D eigenvalue weighted by atomic mass is 9.90. The molecule has 0 unspecified atom stereocenters. The lowest BCUT2D eigenvalue weighted by Crippen LogP contribution is -2.29. The van der Waals surface area contributed by atoms with E-state index in [-0.39, 0.29) is 11.4 Å². The quantitative estimate of drug-likeness (QED) is 0.831. The third kappa shape index (κ3) is 2.22. The van der Waals surface area contributed by atoms with Crippen molar-refractivity contribution < 1.29 is 9.84 Å². The minimum absolute atomic E-state index is 0.226. The molecule has 2 aromatic carbocycles. The van der Waals surface area contributed by atoms with Crippen LogP contribution in [-0.2, 0) is 0 Å². The molecule has 0 bridgehead atoms. The van der Waals surface area contributed by atoms with Gasteiger partial charge in [0.15, 0.2) is 0 Å². The van der Waals surface area contributed by atoms with Crippen molar-refractivity contribution in [2.24, 2.45) is 0 Å². The fourth-order valence-corrected chi connectivity index (χ4v) is 2.41. The Hall–Kier alpha value is -2.22. The summed E-state index contributed by atoms with van der Waals surface area (Å²) in [5, 5.41) is 9.62. The summed E-state index contributed by atoms with van der Waals surface area (Å²) in [6, 6.07) is 15.5. The zero-order valence-electron chi connectivity index (χ0n) is 11.1. The van der Waals surface area contributed by atoms with E-state index in [1.807, 2.05) is 38.1 Å². The van der Waals surface area contributed by atoms with Crippen LogP contribution < -0.4 is 4.74 Å². The first kappa shape index (κ1) is 11.8. The van der Waals surface area contributed by atoms with Gasteiger partial charge in [-0.3, -0.25) is 0 Å². The second kappa shape index (κ2) is 4.16. The van der Waals surface area contributed by atoms with Crippen molar-refractivity contribution in [3.05, 3.63) is 65.7 Å². The molecule has 0 saturated heterocycles. The smallest absolute Gasteiger partial charge is 0.132 e. The van der Waals surface area contributed by atoms with Gasteiger partial charge in [-0.15, -0.1) is 0 Å². The summed E-state index contributed by atoms with van der Waals surface area (Å²) in [6.45, 7) is 4.03. The fourth-order valence-electron chi connectivity index (χ4n) is 2.41. The van der Waals surface area contributed by atoms with Crippen molar-refractivity contribution in [1.29, 1.82) is 0 Å². The number of aromatic hydroxyl groups is 1. The third-order valence-electron chi connectivity index (χ3n) is 3.21. The van der Waals surface area contributed by atoms with Crippen LogP contribution >= 0.6 is 0 Å². The van der Waals surface area contributed by atoms with Crippen LogP contribution in [0, 0.1) is 0 Å². The van der Waals surface area contributed by atoms with Gasteiger partial charge in [0.25, 0.3) is 0 Å². The Balaban J connectivity index is 2.20. The van der Waals surface area contributed by atoms with Gasteiger partial charge in [-0.1, -0.05) is 30.3 Å². The molecule has 0 radical (unpaired) electrons. The molecule has 1 aliphatic heterocycles. The highest BCUT2D eigenvalue weighted by Gasteiger charge is 2.27. The molecular weight excluding hydrogens is 236 g/mol. The zero-order valence-corrected chi connectivity index (χ0v) is 11.1. The maximum Gasteiger partial charge on any atom is 0.132 e. The molecule has 1 aliphatic rings. The Labute approximate surface area is 113 Å². The molecular formula is C17H16O2. The summed E-state index contributed by atoms with van der Waals surface area (Å²) < 4.78 is 5.92. The van der Waals surface area contributed by atoms with Gasteiger partial charge >= 0.3 is 0 Å². The third-order valence-corrected chi connectivity index (χ3v) is 3.21. The first-order valence-corrected chi connectivity index (χ1v) is 6.36. The number of ether oxygens (including phenoxy) is 1. The molecule has 2 heteroatoms. The predicted octanol–water partition coefficient (Wildman–Crippen LogP) is 3.99. The van der Waals surface area contributed by atoms with Crippen LogP contribution in [0.1, 0.15) is 25.0 Å². The van der Waals surface area contributed by atoms with Crippen molar-refractivity contribution in [2.45, 2.75) is 19.4 Å². The number of benzene rings is 2. The number of phenolic OH excluding ortho intramolecular Hbond substituents is 1. The second-order valence-corrected chi connectivity index (χ2v) is 5.31. The van der Waals surface area contributed by atoms with Gasteiger partial charge in [0.2, 0.25) is 0 Å². The van der Waals surface area contributed by atoms with Gasteiger partial charge in [0.1, 0.15) is 17.1 Å². The average Bonchev–Trinajstić information content (AvgIpc) is 2.37. The number of phenols is 1. The van der Waals surface area contributed by atoms with E-state index in [1.165, 1.54) is 0 Å². The van der Waals surface area contributed by atoms with Crippen molar-refractivity contribution in [3.8, 4) is 11.5 Å².